The average Bonchev–Trinajstić information content (AvgIpc) is 3.12. The first-order valence-electron chi connectivity index (χ1n) is 6.17. The van der Waals surface area contributed by atoms with Crippen LogP contribution in [0.15, 0.2) is 33.5 Å². The zero-order valence-corrected chi connectivity index (χ0v) is 12.3. The average molecular weight is 338 g/mol. The molecule has 1 unspecified atom stereocenters. The first-order valence-corrected chi connectivity index (χ1v) is 6.96. The maximum Gasteiger partial charge on any atom is 0.314 e. The van der Waals surface area contributed by atoms with E-state index in [0.29, 0.717) is 28.7 Å². The molecule has 3 rings (SSSR count). The molecule has 0 saturated heterocycles. The van der Waals surface area contributed by atoms with Gasteiger partial charge in [-0.3, -0.25) is 9.59 Å². The molecule has 0 N–H and O–H groups in total. The molecule has 0 spiro atoms. The smallest absolute Gasteiger partial charge is 0.314 e. The fourth-order valence-corrected chi connectivity index (χ4v) is 3.24. The third-order valence-corrected chi connectivity index (χ3v) is 4.17. The summed E-state index contributed by atoms with van der Waals surface area (Å²) >= 11 is 3.40. The Morgan fingerprint density at radius 1 is 1.50 bits per heavy atom. The maximum atomic E-state index is 12.5. The van der Waals surface area contributed by atoms with E-state index in [1.54, 1.807) is 6.07 Å². The highest BCUT2D eigenvalue weighted by atomic mass is 79.9. The van der Waals surface area contributed by atoms with Gasteiger partial charge in [0.05, 0.1) is 24.9 Å². The van der Waals surface area contributed by atoms with Crippen LogP contribution in [0, 0.1) is 0 Å². The Hall–Kier alpha value is -1.82. The molecule has 1 aliphatic rings. The van der Waals surface area contributed by atoms with Crippen LogP contribution in [0.4, 0.5) is 0 Å². The second-order valence-corrected chi connectivity index (χ2v) is 5.48. The number of ketones is 1. The summed E-state index contributed by atoms with van der Waals surface area (Å²) in [5.41, 5.74) is 1.86. The van der Waals surface area contributed by atoms with Crippen LogP contribution in [0.1, 0.15) is 34.1 Å². The summed E-state index contributed by atoms with van der Waals surface area (Å²) in [6.45, 7) is 0.625. The Labute approximate surface area is 123 Å². The number of methoxy groups -OCH3 is 1. The second-order valence-electron chi connectivity index (χ2n) is 4.62. The molecule has 0 radical (unpaired) electrons. The molecule has 1 aliphatic heterocycles. The third kappa shape index (κ3) is 1.91. The van der Waals surface area contributed by atoms with Gasteiger partial charge in [0.1, 0.15) is 12.0 Å². The van der Waals surface area contributed by atoms with Crippen molar-refractivity contribution in [3.63, 3.8) is 0 Å². The first-order chi connectivity index (χ1) is 9.63. The van der Waals surface area contributed by atoms with Gasteiger partial charge in [-0.15, -0.1) is 0 Å². The van der Waals surface area contributed by atoms with Gasteiger partial charge in [-0.05, 0) is 34.5 Å². The van der Waals surface area contributed by atoms with Gasteiger partial charge < -0.3 is 13.7 Å². The topological polar surface area (TPSA) is 61.4 Å². The highest BCUT2D eigenvalue weighted by molar-refractivity contribution is 9.10. The Morgan fingerprint density at radius 2 is 2.30 bits per heavy atom. The van der Waals surface area contributed by atoms with E-state index >= 15 is 0 Å². The molecular weight excluding hydrogens is 326 g/mol. The molecule has 0 aromatic carbocycles. The van der Waals surface area contributed by atoms with Crippen molar-refractivity contribution in [3.05, 3.63) is 46.1 Å². The lowest BCUT2D eigenvalue weighted by molar-refractivity contribution is -0.142. The molecule has 0 saturated carbocycles. The van der Waals surface area contributed by atoms with Crippen molar-refractivity contribution >= 4 is 27.7 Å². The monoisotopic (exact) mass is 337 g/mol. The summed E-state index contributed by atoms with van der Waals surface area (Å²) in [6.07, 6.45) is 3.54. The summed E-state index contributed by atoms with van der Waals surface area (Å²) in [6, 6.07) is 3.45. The van der Waals surface area contributed by atoms with Crippen LogP contribution >= 0.6 is 15.9 Å². The van der Waals surface area contributed by atoms with Crippen LogP contribution in [0.2, 0.25) is 0 Å². The van der Waals surface area contributed by atoms with Crippen LogP contribution < -0.4 is 0 Å². The molecule has 20 heavy (non-hydrogen) atoms. The van der Waals surface area contributed by atoms with E-state index in [0.717, 1.165) is 5.69 Å². The van der Waals surface area contributed by atoms with Crippen molar-refractivity contribution in [3.8, 4) is 0 Å². The highest BCUT2D eigenvalue weighted by Gasteiger charge is 2.34. The fourth-order valence-electron chi connectivity index (χ4n) is 2.61. The number of hydrogen-bond donors (Lipinski definition) is 0. The van der Waals surface area contributed by atoms with Crippen LogP contribution in [0.3, 0.4) is 0 Å². The molecular formula is C14H12BrNO4. The molecule has 0 amide bonds. The van der Waals surface area contributed by atoms with Crippen molar-refractivity contribution in [1.82, 2.24) is 4.57 Å². The SMILES string of the molecule is COC(=O)C1CCn2c1cc(Br)c2C(=O)c1ccoc1. The van der Waals surface area contributed by atoms with Gasteiger partial charge in [-0.1, -0.05) is 0 Å². The summed E-state index contributed by atoms with van der Waals surface area (Å²) < 4.78 is 12.3. The minimum absolute atomic E-state index is 0.123. The quantitative estimate of drug-likeness (QED) is 0.638. The molecule has 6 heteroatoms. The number of rotatable bonds is 3. The number of nitrogens with zero attached hydrogens (tertiary/aromatic N) is 1. The minimum atomic E-state index is -0.304. The van der Waals surface area contributed by atoms with Crippen LogP contribution in [-0.4, -0.2) is 23.4 Å². The minimum Gasteiger partial charge on any atom is -0.472 e. The zero-order chi connectivity index (χ0) is 14.3. The Kier molecular flexibility index (Phi) is 3.25. The summed E-state index contributed by atoms with van der Waals surface area (Å²) in [7, 11) is 1.38. The molecule has 0 bridgehead atoms. The van der Waals surface area contributed by atoms with Crippen molar-refractivity contribution in [1.29, 1.82) is 0 Å². The number of carbonyl (C=O) groups is 2. The van der Waals surface area contributed by atoms with Crippen molar-refractivity contribution in [2.75, 3.05) is 7.11 Å². The molecule has 0 fully saturated rings. The number of fused-ring (bicyclic) bond motifs is 1. The van der Waals surface area contributed by atoms with Gasteiger partial charge in [0, 0.05) is 16.7 Å². The number of hydrogen-bond acceptors (Lipinski definition) is 4. The lowest BCUT2D eigenvalue weighted by Gasteiger charge is -2.06. The predicted molar refractivity (Wildman–Crippen MR) is 73.6 cm³/mol. The van der Waals surface area contributed by atoms with E-state index in [1.807, 2.05) is 10.6 Å². The van der Waals surface area contributed by atoms with E-state index in [1.165, 1.54) is 19.6 Å². The largest absolute Gasteiger partial charge is 0.472 e. The van der Waals surface area contributed by atoms with Crippen LogP contribution in [0.5, 0.6) is 0 Å². The lowest BCUT2D eigenvalue weighted by atomic mass is 10.1. The molecule has 5 nitrogen and oxygen atoms in total. The van der Waals surface area contributed by atoms with Crippen LogP contribution in [-0.2, 0) is 16.1 Å². The lowest BCUT2D eigenvalue weighted by Crippen LogP contribution is -2.11. The second kappa shape index (κ2) is 4.94. The molecule has 104 valence electrons. The summed E-state index contributed by atoms with van der Waals surface area (Å²) in [5, 5.41) is 0. The number of furan rings is 1. The predicted octanol–water partition coefficient (Wildman–Crippen LogP) is 2.73. The Bertz CT molecular complexity index is 672. The van der Waals surface area contributed by atoms with E-state index in [4.69, 9.17) is 9.15 Å². The van der Waals surface area contributed by atoms with Crippen molar-refractivity contribution < 1.29 is 18.7 Å². The fraction of sp³-hybridized carbons (Fsp3) is 0.286. The van der Waals surface area contributed by atoms with Gasteiger partial charge in [-0.25, -0.2) is 0 Å². The molecule has 3 heterocycles. The number of aromatic nitrogens is 1. The van der Waals surface area contributed by atoms with E-state index in [-0.39, 0.29) is 17.7 Å². The normalized spacial score (nSPS) is 17.0. The third-order valence-electron chi connectivity index (χ3n) is 3.56. The van der Waals surface area contributed by atoms with Crippen LogP contribution in [0.25, 0.3) is 0 Å². The van der Waals surface area contributed by atoms with Gasteiger partial charge in [0.25, 0.3) is 0 Å². The van der Waals surface area contributed by atoms with Crippen molar-refractivity contribution in [2.45, 2.75) is 18.9 Å². The van der Waals surface area contributed by atoms with Gasteiger partial charge in [0.2, 0.25) is 5.78 Å². The molecule has 2 aromatic rings. The van der Waals surface area contributed by atoms with Crippen molar-refractivity contribution in [2.24, 2.45) is 0 Å². The number of esters is 1. The Balaban J connectivity index is 2.03. The number of ether oxygens (including phenoxy) is 1. The standard InChI is InChI=1S/C14H12BrNO4/c1-19-14(18)9-2-4-16-11(9)6-10(15)12(16)13(17)8-3-5-20-7-8/h3,5-7,9H,2,4H2,1H3. The zero-order valence-electron chi connectivity index (χ0n) is 10.8. The van der Waals surface area contributed by atoms with Gasteiger partial charge >= 0.3 is 5.97 Å². The number of carbonyl (C=O) groups excluding carboxylic acids is 2. The summed E-state index contributed by atoms with van der Waals surface area (Å²) in [5.74, 6) is -0.694. The van der Waals surface area contributed by atoms with E-state index < -0.39 is 0 Å². The van der Waals surface area contributed by atoms with E-state index in [9.17, 15) is 9.59 Å². The first kappa shape index (κ1) is 13.2. The number of halogens is 1. The Morgan fingerprint density at radius 3 is 2.95 bits per heavy atom. The summed E-state index contributed by atoms with van der Waals surface area (Å²) in [4.78, 5) is 24.2. The molecule has 1 atom stereocenters. The van der Waals surface area contributed by atoms with E-state index in [2.05, 4.69) is 15.9 Å². The molecule has 0 aliphatic carbocycles. The van der Waals surface area contributed by atoms with Gasteiger partial charge in [0.15, 0.2) is 0 Å². The van der Waals surface area contributed by atoms with Gasteiger partial charge in [-0.2, -0.15) is 0 Å². The maximum absolute atomic E-state index is 12.5. The highest BCUT2D eigenvalue weighted by Crippen LogP contribution is 2.36. The molecule has 2 aromatic heterocycles.